The van der Waals surface area contributed by atoms with Gasteiger partial charge in [0.25, 0.3) is 0 Å². The minimum atomic E-state index is -3.12. The van der Waals surface area contributed by atoms with Gasteiger partial charge < -0.3 is 9.13 Å². The van der Waals surface area contributed by atoms with Crippen molar-refractivity contribution in [3.05, 3.63) is 133 Å². The van der Waals surface area contributed by atoms with E-state index in [9.17, 15) is 0 Å². The average Bonchev–Trinajstić information content (AvgIpc) is 3.43. The Labute approximate surface area is 214 Å². The number of hydrogen-bond acceptors (Lipinski definition) is 1. The number of para-hydroxylation sites is 2. The molecule has 0 fully saturated rings. The normalized spacial score (nSPS) is 16.3. The molecule has 0 saturated carbocycles. The van der Waals surface area contributed by atoms with E-state index < -0.39 is 7.14 Å². The maximum atomic E-state index is 15.6. The molecule has 8 rings (SSSR count). The zero-order valence-corrected chi connectivity index (χ0v) is 20.9. The fourth-order valence-corrected chi connectivity index (χ4v) is 9.45. The van der Waals surface area contributed by atoms with Crippen molar-refractivity contribution < 1.29 is 4.57 Å². The van der Waals surface area contributed by atoms with Crippen LogP contribution in [-0.2, 0) is 4.57 Å². The Morgan fingerprint density at radius 1 is 0.514 bits per heavy atom. The van der Waals surface area contributed by atoms with Gasteiger partial charge in [0.05, 0.1) is 11.0 Å². The zero-order chi connectivity index (χ0) is 24.6. The summed E-state index contributed by atoms with van der Waals surface area (Å²) in [4.78, 5) is 0. The maximum absolute atomic E-state index is 15.6. The van der Waals surface area contributed by atoms with Crippen LogP contribution in [0.5, 0.6) is 0 Å². The first-order valence-corrected chi connectivity index (χ1v) is 14.3. The Hall–Kier alpha value is -4.39. The third kappa shape index (κ3) is 2.74. The van der Waals surface area contributed by atoms with Crippen LogP contribution in [0.2, 0.25) is 0 Å². The van der Waals surface area contributed by atoms with Crippen molar-refractivity contribution in [1.82, 2.24) is 4.57 Å². The van der Waals surface area contributed by atoms with E-state index in [1.165, 1.54) is 10.8 Å². The van der Waals surface area contributed by atoms with E-state index in [1.54, 1.807) is 0 Å². The summed E-state index contributed by atoms with van der Waals surface area (Å²) in [5.74, 6) is 0. The fourth-order valence-electron chi connectivity index (χ4n) is 6.17. The summed E-state index contributed by atoms with van der Waals surface area (Å²) in [6.07, 6.45) is 0. The van der Waals surface area contributed by atoms with Crippen molar-refractivity contribution in [3.8, 4) is 16.8 Å². The molecule has 7 aromatic rings. The van der Waals surface area contributed by atoms with Gasteiger partial charge >= 0.3 is 0 Å². The molecule has 1 aromatic heterocycles. The predicted molar refractivity (Wildman–Crippen MR) is 157 cm³/mol. The van der Waals surface area contributed by atoms with Gasteiger partial charge in [0, 0.05) is 32.4 Å². The molecule has 0 aliphatic carbocycles. The molecule has 0 spiro atoms. The van der Waals surface area contributed by atoms with E-state index in [0.29, 0.717) is 0 Å². The Bertz CT molecular complexity index is 2060. The number of rotatable bonds is 2. The lowest BCUT2D eigenvalue weighted by Gasteiger charge is -2.18. The molecule has 1 aliphatic rings. The smallest absolute Gasteiger partial charge is 0.172 e. The van der Waals surface area contributed by atoms with Crippen LogP contribution in [0.1, 0.15) is 0 Å². The molecule has 37 heavy (non-hydrogen) atoms. The molecule has 0 N–H and O–H groups in total. The molecular formula is C34H22NOP. The van der Waals surface area contributed by atoms with Crippen LogP contribution in [0, 0.1) is 0 Å². The molecule has 6 aromatic carbocycles. The van der Waals surface area contributed by atoms with Crippen molar-refractivity contribution in [2.75, 3.05) is 0 Å². The standard InChI is InChI=1S/C34H22NOP/c36-37(25-14-5-2-6-15-25)33-22-32-29(21-30(33)28-20-19-23-11-7-8-16-26(23)34(28)37)27-17-9-10-18-31(27)35(32)24-12-3-1-4-13-24/h1-22H. The van der Waals surface area contributed by atoms with Crippen LogP contribution in [0.25, 0.3) is 49.4 Å². The molecule has 1 aliphatic heterocycles. The first kappa shape index (κ1) is 20.8. The lowest BCUT2D eigenvalue weighted by molar-refractivity contribution is 0.593. The van der Waals surface area contributed by atoms with Crippen LogP contribution < -0.4 is 15.9 Å². The van der Waals surface area contributed by atoms with Gasteiger partial charge in [-0.2, -0.15) is 0 Å². The van der Waals surface area contributed by atoms with Crippen molar-refractivity contribution in [3.63, 3.8) is 0 Å². The molecule has 2 heterocycles. The topological polar surface area (TPSA) is 22.0 Å². The lowest BCUT2D eigenvalue weighted by Crippen LogP contribution is -2.21. The van der Waals surface area contributed by atoms with Gasteiger partial charge in [-0.25, -0.2) is 0 Å². The fraction of sp³-hybridized carbons (Fsp3) is 0. The summed E-state index contributed by atoms with van der Waals surface area (Å²) in [5, 5.41) is 7.35. The highest BCUT2D eigenvalue weighted by Crippen LogP contribution is 2.55. The van der Waals surface area contributed by atoms with Gasteiger partial charge in [-0.3, -0.25) is 0 Å². The number of hydrogen-bond donors (Lipinski definition) is 0. The van der Waals surface area contributed by atoms with Crippen LogP contribution in [0.4, 0.5) is 0 Å². The number of nitrogens with zero attached hydrogens (tertiary/aromatic N) is 1. The first-order valence-electron chi connectivity index (χ1n) is 12.6. The second kappa shape index (κ2) is 7.56. The highest BCUT2D eigenvalue weighted by atomic mass is 31.2. The van der Waals surface area contributed by atoms with E-state index in [2.05, 4.69) is 89.5 Å². The Kier molecular flexibility index (Phi) is 4.24. The maximum Gasteiger partial charge on any atom is 0.172 e. The highest BCUT2D eigenvalue weighted by Gasteiger charge is 2.42. The SMILES string of the molecule is O=P1(c2ccccc2)c2cc3c(cc2-c2ccc4ccccc4c21)c1ccccc1n3-c1ccccc1. The van der Waals surface area contributed by atoms with E-state index in [0.717, 1.165) is 54.5 Å². The van der Waals surface area contributed by atoms with E-state index in [4.69, 9.17) is 0 Å². The van der Waals surface area contributed by atoms with Gasteiger partial charge in [0.15, 0.2) is 7.14 Å². The van der Waals surface area contributed by atoms with Crippen LogP contribution in [0.3, 0.4) is 0 Å². The summed E-state index contributed by atoms with van der Waals surface area (Å²) >= 11 is 0. The quantitative estimate of drug-likeness (QED) is 0.229. The van der Waals surface area contributed by atoms with Crippen LogP contribution in [-0.4, -0.2) is 4.57 Å². The molecule has 0 bridgehead atoms. The minimum absolute atomic E-state index is 0.882. The Balaban J connectivity index is 1.57. The number of fused-ring (bicyclic) bond motifs is 8. The van der Waals surface area contributed by atoms with Gasteiger partial charge in [-0.05, 0) is 52.2 Å². The highest BCUT2D eigenvalue weighted by molar-refractivity contribution is 7.86. The lowest BCUT2D eigenvalue weighted by atomic mass is 9.99. The molecule has 0 saturated heterocycles. The largest absolute Gasteiger partial charge is 0.309 e. The summed E-state index contributed by atoms with van der Waals surface area (Å²) in [7, 11) is -3.12. The molecule has 0 amide bonds. The van der Waals surface area contributed by atoms with Crippen molar-refractivity contribution in [2.45, 2.75) is 0 Å². The van der Waals surface area contributed by atoms with E-state index in [1.807, 2.05) is 48.5 Å². The average molecular weight is 492 g/mol. The van der Waals surface area contributed by atoms with Gasteiger partial charge in [0.1, 0.15) is 0 Å². The second-order valence-corrected chi connectivity index (χ2v) is 12.4. The van der Waals surface area contributed by atoms with Crippen molar-refractivity contribution >= 4 is 55.6 Å². The van der Waals surface area contributed by atoms with Gasteiger partial charge in [0.2, 0.25) is 0 Å². The molecule has 2 nitrogen and oxygen atoms in total. The van der Waals surface area contributed by atoms with E-state index in [-0.39, 0.29) is 0 Å². The van der Waals surface area contributed by atoms with Crippen LogP contribution in [0.15, 0.2) is 133 Å². The summed E-state index contributed by atoms with van der Waals surface area (Å²) in [6.45, 7) is 0. The van der Waals surface area contributed by atoms with Crippen LogP contribution >= 0.6 is 7.14 Å². The van der Waals surface area contributed by atoms with Gasteiger partial charge in [-0.15, -0.1) is 0 Å². The molecule has 0 radical (unpaired) electrons. The van der Waals surface area contributed by atoms with Crippen molar-refractivity contribution in [1.29, 1.82) is 0 Å². The molecule has 1 unspecified atom stereocenters. The first-order chi connectivity index (χ1) is 18.2. The summed E-state index contributed by atoms with van der Waals surface area (Å²) in [5.41, 5.74) is 5.50. The van der Waals surface area contributed by atoms with E-state index >= 15 is 4.57 Å². The monoisotopic (exact) mass is 491 g/mol. The molecule has 3 heteroatoms. The molecule has 174 valence electrons. The minimum Gasteiger partial charge on any atom is -0.309 e. The summed E-state index contributed by atoms with van der Waals surface area (Å²) in [6, 6.07) is 46.2. The predicted octanol–water partition coefficient (Wildman–Crippen LogP) is 7.56. The third-order valence-electron chi connectivity index (χ3n) is 7.77. The second-order valence-electron chi connectivity index (χ2n) is 9.70. The Morgan fingerprint density at radius 2 is 1.19 bits per heavy atom. The molecule has 1 atom stereocenters. The molecular weight excluding hydrogens is 469 g/mol. The summed E-state index contributed by atoms with van der Waals surface area (Å²) < 4.78 is 17.9. The number of aromatic nitrogens is 1. The van der Waals surface area contributed by atoms with Gasteiger partial charge in [-0.1, -0.05) is 103 Å². The Morgan fingerprint density at radius 3 is 2.00 bits per heavy atom. The van der Waals surface area contributed by atoms with Crippen molar-refractivity contribution in [2.24, 2.45) is 0 Å². The zero-order valence-electron chi connectivity index (χ0n) is 20.0. The number of benzene rings is 6. The third-order valence-corrected chi connectivity index (χ3v) is 11.0.